The predicted molar refractivity (Wildman–Crippen MR) is 63.5 cm³/mol. The maximum Gasteiger partial charge on any atom is 0.357 e. The number of carboxylic acids is 1. The smallest absolute Gasteiger partial charge is 0.357 e. The summed E-state index contributed by atoms with van der Waals surface area (Å²) in [5, 5.41) is 14.7. The molecule has 3 N–H and O–H groups in total. The summed E-state index contributed by atoms with van der Waals surface area (Å²) in [6.45, 7) is 3.14. The summed E-state index contributed by atoms with van der Waals surface area (Å²) in [5.41, 5.74) is -0.404. The van der Waals surface area contributed by atoms with Crippen LogP contribution in [-0.4, -0.2) is 35.7 Å². The fourth-order valence-corrected chi connectivity index (χ4v) is 2.94. The van der Waals surface area contributed by atoms with Crippen LogP contribution < -0.4 is 4.72 Å². The average Bonchev–Trinajstić information content (AvgIpc) is 2.69. The molecule has 0 saturated heterocycles. The van der Waals surface area contributed by atoms with E-state index in [2.05, 4.69) is 20.8 Å². The van der Waals surface area contributed by atoms with Gasteiger partial charge in [-0.05, 0) is 13.3 Å². The van der Waals surface area contributed by atoms with Gasteiger partial charge in [-0.2, -0.15) is 9.82 Å². The van der Waals surface area contributed by atoms with Crippen molar-refractivity contribution in [1.82, 2.24) is 14.9 Å². The van der Waals surface area contributed by atoms with Crippen molar-refractivity contribution in [3.05, 3.63) is 11.4 Å². The molecule has 1 atom stereocenters. The summed E-state index contributed by atoms with van der Waals surface area (Å²) in [6, 6.07) is -0.689. The van der Waals surface area contributed by atoms with Crippen LogP contribution in [0.25, 0.3) is 0 Å². The van der Waals surface area contributed by atoms with E-state index in [-0.39, 0.29) is 10.6 Å². The Bertz CT molecular complexity index is 597. The van der Waals surface area contributed by atoms with Crippen LogP contribution in [0, 0.1) is 19.3 Å². The number of hydrogen-bond acceptors (Lipinski definition) is 4. The van der Waals surface area contributed by atoms with Gasteiger partial charge in [-0.1, -0.05) is 12.8 Å². The minimum Gasteiger partial charge on any atom is -0.476 e. The highest BCUT2D eigenvalue weighted by Gasteiger charge is 2.29. The Morgan fingerprint density at radius 1 is 1.67 bits per heavy atom. The molecule has 1 rings (SSSR count). The number of aryl methyl sites for hydroxylation is 1. The van der Waals surface area contributed by atoms with Gasteiger partial charge >= 0.3 is 5.97 Å². The van der Waals surface area contributed by atoms with Gasteiger partial charge in [-0.25, -0.2) is 13.2 Å². The molecule has 1 unspecified atom stereocenters. The van der Waals surface area contributed by atoms with E-state index in [1.54, 1.807) is 6.92 Å². The number of nitrogens with one attached hydrogen (secondary N) is 2. The number of H-pyrrole nitrogens is 1. The second-order valence-electron chi connectivity index (χ2n) is 3.58. The standard InChI is InChI=1S/C10H13N3O4S/c1-4-7(5-2)13-18(16,17)9-6(3)11-12-8(9)10(14)15/h1,7,13H,5H2,2-3H3,(H,11,12)(H,14,15). The molecule has 0 aromatic carbocycles. The molecule has 0 saturated carbocycles. The summed E-state index contributed by atoms with van der Waals surface area (Å²) < 4.78 is 26.3. The first-order valence-corrected chi connectivity index (χ1v) is 6.58. The topological polar surface area (TPSA) is 112 Å². The first-order valence-electron chi connectivity index (χ1n) is 5.10. The van der Waals surface area contributed by atoms with Gasteiger partial charge in [-0.3, -0.25) is 5.10 Å². The van der Waals surface area contributed by atoms with Crippen molar-refractivity contribution >= 4 is 16.0 Å². The highest BCUT2D eigenvalue weighted by atomic mass is 32.2. The number of rotatable bonds is 5. The lowest BCUT2D eigenvalue weighted by Crippen LogP contribution is -2.34. The maximum atomic E-state index is 12.0. The molecule has 1 aromatic rings. The molecule has 1 heterocycles. The van der Waals surface area contributed by atoms with Crippen molar-refractivity contribution < 1.29 is 18.3 Å². The molecule has 0 fully saturated rings. The summed E-state index contributed by atoms with van der Waals surface area (Å²) in [7, 11) is -4.01. The summed E-state index contributed by atoms with van der Waals surface area (Å²) in [4.78, 5) is 10.5. The van der Waals surface area contributed by atoms with Gasteiger partial charge in [-0.15, -0.1) is 6.42 Å². The molecular weight excluding hydrogens is 258 g/mol. The number of carboxylic acid groups (broad SMARTS) is 1. The second-order valence-corrected chi connectivity index (χ2v) is 5.23. The van der Waals surface area contributed by atoms with E-state index in [4.69, 9.17) is 11.5 Å². The third kappa shape index (κ3) is 2.69. The van der Waals surface area contributed by atoms with Crippen LogP contribution in [0.15, 0.2) is 4.90 Å². The largest absolute Gasteiger partial charge is 0.476 e. The maximum absolute atomic E-state index is 12.0. The molecule has 0 bridgehead atoms. The third-order valence-electron chi connectivity index (χ3n) is 2.27. The Morgan fingerprint density at radius 3 is 2.72 bits per heavy atom. The molecule has 0 aliphatic heterocycles. The zero-order chi connectivity index (χ0) is 13.9. The van der Waals surface area contributed by atoms with Gasteiger partial charge in [0.25, 0.3) is 0 Å². The van der Waals surface area contributed by atoms with Crippen LogP contribution in [-0.2, 0) is 10.0 Å². The first-order chi connectivity index (χ1) is 8.33. The number of hydrogen-bond donors (Lipinski definition) is 3. The monoisotopic (exact) mass is 271 g/mol. The molecule has 98 valence electrons. The van der Waals surface area contributed by atoms with Crippen molar-refractivity contribution in [3.8, 4) is 12.3 Å². The van der Waals surface area contributed by atoms with Gasteiger partial charge in [0.2, 0.25) is 10.0 Å². The molecule has 18 heavy (non-hydrogen) atoms. The molecule has 0 aliphatic carbocycles. The Hall–Kier alpha value is -1.85. The lowest BCUT2D eigenvalue weighted by atomic mass is 10.3. The van der Waals surface area contributed by atoms with E-state index in [1.807, 2.05) is 0 Å². The van der Waals surface area contributed by atoms with E-state index in [0.29, 0.717) is 6.42 Å². The van der Waals surface area contributed by atoms with Crippen molar-refractivity contribution in [1.29, 1.82) is 0 Å². The first kappa shape index (κ1) is 14.2. The van der Waals surface area contributed by atoms with E-state index in [9.17, 15) is 13.2 Å². The Morgan fingerprint density at radius 2 is 2.28 bits per heavy atom. The fourth-order valence-electron chi connectivity index (χ4n) is 1.37. The zero-order valence-corrected chi connectivity index (χ0v) is 10.7. The molecule has 0 radical (unpaired) electrons. The van der Waals surface area contributed by atoms with Gasteiger partial charge in [0.05, 0.1) is 11.7 Å². The summed E-state index contributed by atoms with van der Waals surface area (Å²) in [5.74, 6) is 0.847. The lowest BCUT2D eigenvalue weighted by Gasteiger charge is -2.11. The highest BCUT2D eigenvalue weighted by molar-refractivity contribution is 7.89. The molecule has 0 aliphatic rings. The number of terminal acetylenes is 1. The molecule has 1 aromatic heterocycles. The Balaban J connectivity index is 3.25. The number of sulfonamides is 1. The molecule has 0 amide bonds. The lowest BCUT2D eigenvalue weighted by molar-refractivity contribution is 0.0686. The molecule has 8 heteroatoms. The molecular formula is C10H13N3O4S. The Labute approximate surface area is 105 Å². The molecule has 7 nitrogen and oxygen atoms in total. The van der Waals surface area contributed by atoms with Crippen LogP contribution >= 0.6 is 0 Å². The fraction of sp³-hybridized carbons (Fsp3) is 0.400. The van der Waals surface area contributed by atoms with Crippen LogP contribution in [0.5, 0.6) is 0 Å². The predicted octanol–water partition coefficient (Wildman–Crippen LogP) is 0.106. The Kier molecular flexibility index (Phi) is 4.11. The van der Waals surface area contributed by atoms with Gasteiger partial charge < -0.3 is 5.11 Å². The second kappa shape index (κ2) is 5.20. The van der Waals surface area contributed by atoms with Crippen LogP contribution in [0.3, 0.4) is 0 Å². The van der Waals surface area contributed by atoms with Crippen LogP contribution in [0.1, 0.15) is 29.5 Å². The van der Waals surface area contributed by atoms with Gasteiger partial charge in [0.1, 0.15) is 4.90 Å². The molecule has 0 spiro atoms. The SMILES string of the molecule is C#CC(CC)NS(=O)(=O)c1c(C(=O)O)n[nH]c1C. The van der Waals surface area contributed by atoms with Crippen LogP contribution in [0.2, 0.25) is 0 Å². The van der Waals surface area contributed by atoms with E-state index < -0.39 is 27.7 Å². The number of nitrogens with zero attached hydrogens (tertiary/aromatic N) is 1. The van der Waals surface area contributed by atoms with E-state index in [1.165, 1.54) is 6.92 Å². The van der Waals surface area contributed by atoms with Crippen LogP contribution in [0.4, 0.5) is 0 Å². The average molecular weight is 271 g/mol. The third-order valence-corrected chi connectivity index (χ3v) is 3.90. The minimum absolute atomic E-state index is 0.145. The quantitative estimate of drug-likeness (QED) is 0.658. The van der Waals surface area contributed by atoms with Crippen molar-refractivity contribution in [3.63, 3.8) is 0 Å². The summed E-state index contributed by atoms with van der Waals surface area (Å²) in [6.07, 6.45) is 5.56. The van der Waals surface area contributed by atoms with E-state index in [0.717, 1.165) is 0 Å². The highest BCUT2D eigenvalue weighted by Crippen LogP contribution is 2.18. The summed E-state index contributed by atoms with van der Waals surface area (Å²) >= 11 is 0. The number of carbonyl (C=O) groups is 1. The number of aromatic carboxylic acids is 1. The van der Waals surface area contributed by atoms with Gasteiger partial charge in [0.15, 0.2) is 5.69 Å². The number of aromatic amines is 1. The zero-order valence-electron chi connectivity index (χ0n) is 9.89. The van der Waals surface area contributed by atoms with Crippen molar-refractivity contribution in [2.45, 2.75) is 31.2 Å². The van der Waals surface area contributed by atoms with Gasteiger partial charge in [0, 0.05) is 0 Å². The minimum atomic E-state index is -4.01. The normalized spacial score (nSPS) is 12.9. The van der Waals surface area contributed by atoms with E-state index >= 15 is 0 Å². The number of aromatic nitrogens is 2. The van der Waals surface area contributed by atoms with Crippen molar-refractivity contribution in [2.75, 3.05) is 0 Å². The van der Waals surface area contributed by atoms with Crippen molar-refractivity contribution in [2.24, 2.45) is 0 Å².